The molecule has 0 N–H and O–H groups in total. The van der Waals surface area contributed by atoms with Gasteiger partial charge in [0.2, 0.25) is 0 Å². The van der Waals surface area contributed by atoms with Crippen LogP contribution in [-0.2, 0) is 0 Å². The Balaban J connectivity index is 1.18. The smallest absolute Gasteiger partial charge is 0.163 e. The second-order valence-corrected chi connectivity index (χ2v) is 13.5. The molecule has 5 heterocycles. The summed E-state index contributed by atoms with van der Waals surface area (Å²) in [6, 6.07) is 60.4. The van der Waals surface area contributed by atoms with Crippen LogP contribution >= 0.6 is 0 Å². The Morgan fingerprint density at radius 2 is 0.731 bits per heavy atom. The number of hydrogen-bond acceptors (Lipinski definition) is 4. The highest BCUT2D eigenvalue weighted by Gasteiger charge is 2.33. The Morgan fingerprint density at radius 3 is 1.25 bits per heavy atom. The van der Waals surface area contributed by atoms with Gasteiger partial charge in [-0.05, 0) is 48.5 Å². The molecule has 0 unspecified atom stereocenters. The molecule has 0 fully saturated rings. The maximum absolute atomic E-state index is 5.39. The Bertz CT molecular complexity index is 2910. The highest BCUT2D eigenvalue weighted by atomic mass is 15.3. The molecule has 0 saturated heterocycles. The van der Waals surface area contributed by atoms with Crippen LogP contribution in [0, 0.1) is 0 Å². The van der Waals surface area contributed by atoms with Crippen LogP contribution in [0.2, 0.25) is 0 Å². The second-order valence-electron chi connectivity index (χ2n) is 13.5. The van der Waals surface area contributed by atoms with Gasteiger partial charge in [-0.25, -0.2) is 9.97 Å². The van der Waals surface area contributed by atoms with Gasteiger partial charge in [0, 0.05) is 33.2 Å². The summed E-state index contributed by atoms with van der Waals surface area (Å²) in [7, 11) is 0. The summed E-state index contributed by atoms with van der Waals surface area (Å²) < 4.78 is 4.82. The molecule has 6 heteroatoms. The Hall–Kier alpha value is -7.18. The van der Waals surface area contributed by atoms with Gasteiger partial charge in [-0.1, -0.05) is 115 Å². The van der Waals surface area contributed by atoms with Crippen LogP contribution in [-0.4, -0.2) is 19.1 Å². The molecule has 0 saturated carbocycles. The SMILES string of the molecule is c1ccc(-c2nc(N3c4ccccc4-n4c5ccccc5c5cccc3c54)cc(N3c4ccccc4-n4c5ccccc5c5cccc3c54)n2)cc1. The zero-order valence-corrected chi connectivity index (χ0v) is 27.8. The van der Waals surface area contributed by atoms with E-state index in [0.717, 1.165) is 51.3 Å². The average Bonchev–Trinajstić information content (AvgIpc) is 3.74. The van der Waals surface area contributed by atoms with Gasteiger partial charge in [0.15, 0.2) is 5.82 Å². The Kier molecular flexibility index (Phi) is 5.41. The van der Waals surface area contributed by atoms with Crippen molar-refractivity contribution in [3.8, 4) is 22.8 Å². The summed E-state index contributed by atoms with van der Waals surface area (Å²) in [5.74, 6) is 2.27. The molecule has 0 amide bonds. The number of anilines is 6. The molecule has 0 spiro atoms. The van der Waals surface area contributed by atoms with E-state index in [-0.39, 0.29) is 0 Å². The van der Waals surface area contributed by atoms with E-state index < -0.39 is 0 Å². The molecule has 0 radical (unpaired) electrons. The minimum absolute atomic E-state index is 0.666. The van der Waals surface area contributed by atoms with Gasteiger partial charge in [-0.2, -0.15) is 0 Å². The lowest BCUT2D eigenvalue weighted by molar-refractivity contribution is 1.04. The number of hydrogen-bond donors (Lipinski definition) is 0. The van der Waals surface area contributed by atoms with Crippen LogP contribution in [0.15, 0.2) is 170 Å². The molecule has 10 aromatic rings. The van der Waals surface area contributed by atoms with Crippen LogP contribution in [0.1, 0.15) is 0 Å². The van der Waals surface area contributed by atoms with Gasteiger partial charge in [0.25, 0.3) is 0 Å². The molecular formula is C46H28N6. The zero-order chi connectivity index (χ0) is 33.9. The van der Waals surface area contributed by atoms with E-state index in [4.69, 9.17) is 9.97 Å². The summed E-state index contributed by atoms with van der Waals surface area (Å²) in [6.07, 6.45) is 0. The molecule has 0 bridgehead atoms. The first-order chi connectivity index (χ1) is 25.8. The third kappa shape index (κ3) is 3.57. The molecule has 12 rings (SSSR count). The maximum atomic E-state index is 5.39. The van der Waals surface area contributed by atoms with Gasteiger partial charge in [-0.3, -0.25) is 9.80 Å². The minimum Gasteiger partial charge on any atom is -0.305 e. The molecule has 2 aliphatic heterocycles. The van der Waals surface area contributed by atoms with Crippen molar-refractivity contribution in [1.29, 1.82) is 0 Å². The lowest BCUT2D eigenvalue weighted by Gasteiger charge is -2.35. The van der Waals surface area contributed by atoms with Crippen LogP contribution < -0.4 is 9.80 Å². The van der Waals surface area contributed by atoms with Gasteiger partial charge in [-0.15, -0.1) is 0 Å². The first kappa shape index (κ1) is 27.6. The maximum Gasteiger partial charge on any atom is 0.163 e. The molecule has 0 atom stereocenters. The first-order valence-corrected chi connectivity index (χ1v) is 17.6. The van der Waals surface area contributed by atoms with Crippen molar-refractivity contribution in [2.75, 3.05) is 9.80 Å². The normalized spacial score (nSPS) is 12.9. The van der Waals surface area contributed by atoms with Gasteiger partial charge < -0.3 is 9.13 Å². The molecule has 0 aliphatic carbocycles. The van der Waals surface area contributed by atoms with E-state index in [9.17, 15) is 0 Å². The fourth-order valence-electron chi connectivity index (χ4n) is 8.67. The molecule has 2 aliphatic rings. The van der Waals surface area contributed by atoms with Crippen molar-refractivity contribution in [1.82, 2.24) is 19.1 Å². The molecular weight excluding hydrogens is 637 g/mol. The third-order valence-electron chi connectivity index (χ3n) is 10.7. The summed E-state index contributed by atoms with van der Waals surface area (Å²) >= 11 is 0. The zero-order valence-electron chi connectivity index (χ0n) is 27.8. The fourth-order valence-corrected chi connectivity index (χ4v) is 8.67. The molecule has 52 heavy (non-hydrogen) atoms. The molecule has 242 valence electrons. The third-order valence-corrected chi connectivity index (χ3v) is 10.7. The Labute approximate surface area is 298 Å². The van der Waals surface area contributed by atoms with Crippen molar-refractivity contribution in [3.63, 3.8) is 0 Å². The van der Waals surface area contributed by atoms with Gasteiger partial charge >= 0.3 is 0 Å². The summed E-state index contributed by atoms with van der Waals surface area (Å²) in [6.45, 7) is 0. The molecule has 3 aromatic heterocycles. The van der Waals surface area contributed by atoms with Crippen molar-refractivity contribution >= 4 is 78.0 Å². The average molecular weight is 665 g/mol. The minimum atomic E-state index is 0.666. The summed E-state index contributed by atoms with van der Waals surface area (Å²) in [5.41, 5.74) is 12.2. The second kappa shape index (κ2) is 10.2. The standard InChI is InChI=1S/C46H28N6/c1-2-14-29(15-3-1)46-47-42(49-36-22-8-10-24-38(36)51-34-20-6-4-16-30(34)32-18-12-26-40(49)44(32)51)28-43(48-46)50-37-23-9-11-25-39(37)52-35-21-7-5-17-31(35)33-19-13-27-41(50)45(33)52/h1-28H. The van der Waals surface area contributed by atoms with Crippen molar-refractivity contribution < 1.29 is 0 Å². The van der Waals surface area contributed by atoms with E-state index in [1.54, 1.807) is 0 Å². The lowest BCUT2D eigenvalue weighted by Crippen LogP contribution is -2.22. The lowest BCUT2D eigenvalue weighted by atomic mass is 10.1. The highest BCUT2D eigenvalue weighted by Crippen LogP contribution is 2.52. The van der Waals surface area contributed by atoms with E-state index in [1.807, 2.05) is 6.07 Å². The predicted molar refractivity (Wildman–Crippen MR) is 213 cm³/mol. The van der Waals surface area contributed by atoms with E-state index >= 15 is 0 Å². The highest BCUT2D eigenvalue weighted by molar-refractivity contribution is 6.18. The van der Waals surface area contributed by atoms with Crippen molar-refractivity contribution in [3.05, 3.63) is 170 Å². The van der Waals surface area contributed by atoms with Crippen molar-refractivity contribution in [2.45, 2.75) is 0 Å². The van der Waals surface area contributed by atoms with Crippen molar-refractivity contribution in [2.24, 2.45) is 0 Å². The predicted octanol–water partition coefficient (Wildman–Crippen LogP) is 11.9. The monoisotopic (exact) mass is 664 g/mol. The summed E-state index contributed by atoms with van der Waals surface area (Å²) in [4.78, 5) is 15.4. The number of aromatic nitrogens is 4. The molecule has 7 aromatic carbocycles. The molecule has 6 nitrogen and oxygen atoms in total. The summed E-state index contributed by atoms with van der Waals surface area (Å²) in [5, 5.41) is 4.90. The topological polar surface area (TPSA) is 42.1 Å². The van der Waals surface area contributed by atoms with Crippen LogP contribution in [0.25, 0.3) is 66.4 Å². The largest absolute Gasteiger partial charge is 0.305 e. The number of para-hydroxylation sites is 8. The van der Waals surface area contributed by atoms with Crippen LogP contribution in [0.4, 0.5) is 34.4 Å². The van der Waals surface area contributed by atoms with Crippen LogP contribution in [0.5, 0.6) is 0 Å². The number of fused-ring (bicyclic) bond motifs is 10. The number of nitrogens with zero attached hydrogens (tertiary/aromatic N) is 6. The Morgan fingerprint density at radius 1 is 0.327 bits per heavy atom. The number of rotatable bonds is 3. The van der Waals surface area contributed by atoms with E-state index in [1.165, 1.54) is 43.6 Å². The van der Waals surface area contributed by atoms with Gasteiger partial charge in [0.1, 0.15) is 11.6 Å². The van der Waals surface area contributed by atoms with Gasteiger partial charge in [0.05, 0.1) is 56.2 Å². The fraction of sp³-hybridized carbons (Fsp3) is 0. The van der Waals surface area contributed by atoms with Crippen LogP contribution in [0.3, 0.4) is 0 Å². The van der Waals surface area contributed by atoms with E-state index in [0.29, 0.717) is 5.82 Å². The first-order valence-electron chi connectivity index (χ1n) is 17.6. The quantitative estimate of drug-likeness (QED) is 0.188. The van der Waals surface area contributed by atoms with E-state index in [2.05, 4.69) is 183 Å². The number of benzene rings is 7.